The summed E-state index contributed by atoms with van der Waals surface area (Å²) in [6.07, 6.45) is 10.0. The van der Waals surface area contributed by atoms with E-state index in [9.17, 15) is 0 Å². The van der Waals surface area contributed by atoms with Crippen LogP contribution in [-0.4, -0.2) is 66.2 Å². The first-order valence-corrected chi connectivity index (χ1v) is 11.1. The number of nitrogens with zero attached hydrogens (tertiary/aromatic N) is 4. The first-order chi connectivity index (χ1) is 14.8. The van der Waals surface area contributed by atoms with Gasteiger partial charge in [0.2, 0.25) is 0 Å². The van der Waals surface area contributed by atoms with E-state index in [1.165, 1.54) is 18.4 Å². The van der Waals surface area contributed by atoms with Crippen LogP contribution in [0.15, 0.2) is 47.7 Å². The number of halogens is 1. The van der Waals surface area contributed by atoms with E-state index in [0.717, 1.165) is 63.8 Å². The lowest BCUT2D eigenvalue weighted by molar-refractivity contribution is -0.0721. The van der Waals surface area contributed by atoms with Crippen LogP contribution < -0.4 is 5.32 Å². The monoisotopic (exact) mass is 539 g/mol. The van der Waals surface area contributed by atoms with Gasteiger partial charge in [0.15, 0.2) is 5.96 Å². The van der Waals surface area contributed by atoms with Gasteiger partial charge in [-0.1, -0.05) is 12.1 Å². The minimum atomic E-state index is 0. The van der Waals surface area contributed by atoms with Crippen molar-refractivity contribution in [3.8, 4) is 5.69 Å². The molecule has 0 aliphatic carbocycles. The van der Waals surface area contributed by atoms with Crippen molar-refractivity contribution in [2.75, 3.05) is 33.4 Å². The van der Waals surface area contributed by atoms with Gasteiger partial charge in [-0.25, -0.2) is 4.68 Å². The van der Waals surface area contributed by atoms with E-state index in [2.05, 4.69) is 44.6 Å². The van der Waals surface area contributed by atoms with Crippen molar-refractivity contribution in [2.45, 2.75) is 50.9 Å². The molecule has 2 fully saturated rings. The van der Waals surface area contributed by atoms with Crippen LogP contribution in [0.5, 0.6) is 0 Å². The second-order valence-corrected chi connectivity index (χ2v) is 8.03. The highest BCUT2D eigenvalue weighted by Crippen LogP contribution is 2.18. The molecule has 1 aromatic carbocycles. The molecule has 1 N–H and O–H groups in total. The highest BCUT2D eigenvalue weighted by Gasteiger charge is 2.23. The molecule has 0 spiro atoms. The molecule has 0 radical (unpaired) electrons. The number of rotatable bonds is 6. The third-order valence-electron chi connectivity index (χ3n) is 5.90. The Balaban J connectivity index is 0.00000272. The largest absolute Gasteiger partial charge is 0.376 e. The third-order valence-corrected chi connectivity index (χ3v) is 5.90. The Labute approximate surface area is 202 Å². The average Bonchev–Trinajstić information content (AvgIpc) is 3.35. The molecule has 1 aromatic heterocycles. The molecule has 2 aliphatic rings. The van der Waals surface area contributed by atoms with Crippen LogP contribution in [-0.2, 0) is 16.0 Å². The molecule has 0 amide bonds. The standard InChI is InChI=1S/C23H33N5O2.HI/c1-24-23(25-17-19-6-8-20(9-7-19)28-13-4-12-26-28)27-14-10-21(11-15-27)30-18-22-5-2-3-16-29-22;/h4,6-9,12-13,21-22H,2-3,5,10-11,14-18H2,1H3,(H,24,25);1H. The average molecular weight is 539 g/mol. The minimum Gasteiger partial charge on any atom is -0.376 e. The Morgan fingerprint density at radius 2 is 2.00 bits per heavy atom. The Hall–Kier alpha value is -1.65. The summed E-state index contributed by atoms with van der Waals surface area (Å²) in [7, 11) is 1.85. The van der Waals surface area contributed by atoms with Crippen LogP contribution in [0.4, 0.5) is 0 Å². The summed E-state index contributed by atoms with van der Waals surface area (Å²) in [6, 6.07) is 10.4. The van der Waals surface area contributed by atoms with Gasteiger partial charge in [0, 0.05) is 45.7 Å². The van der Waals surface area contributed by atoms with Gasteiger partial charge < -0.3 is 19.7 Å². The second kappa shape index (κ2) is 12.4. The smallest absolute Gasteiger partial charge is 0.193 e. The van der Waals surface area contributed by atoms with Crippen molar-refractivity contribution in [2.24, 2.45) is 4.99 Å². The lowest BCUT2D eigenvalue weighted by Crippen LogP contribution is -2.47. The van der Waals surface area contributed by atoms with Gasteiger partial charge in [0.25, 0.3) is 0 Å². The first-order valence-electron chi connectivity index (χ1n) is 11.1. The fourth-order valence-electron chi connectivity index (χ4n) is 4.12. The van der Waals surface area contributed by atoms with Crippen molar-refractivity contribution < 1.29 is 9.47 Å². The molecule has 31 heavy (non-hydrogen) atoms. The molecule has 2 saturated heterocycles. The van der Waals surface area contributed by atoms with Gasteiger partial charge >= 0.3 is 0 Å². The third kappa shape index (κ3) is 6.92. The number of aromatic nitrogens is 2. The van der Waals surface area contributed by atoms with Gasteiger partial charge in [-0.2, -0.15) is 5.10 Å². The number of guanidine groups is 1. The maximum absolute atomic E-state index is 6.14. The second-order valence-electron chi connectivity index (χ2n) is 8.03. The Bertz CT molecular complexity index is 783. The maximum atomic E-state index is 6.14. The van der Waals surface area contributed by atoms with Crippen LogP contribution >= 0.6 is 24.0 Å². The molecule has 7 nitrogen and oxygen atoms in total. The van der Waals surface area contributed by atoms with Gasteiger partial charge in [0.05, 0.1) is 24.5 Å². The molecule has 0 bridgehead atoms. The number of aliphatic imine (C=N–C) groups is 1. The van der Waals surface area contributed by atoms with E-state index in [4.69, 9.17) is 9.47 Å². The zero-order valence-electron chi connectivity index (χ0n) is 18.3. The summed E-state index contributed by atoms with van der Waals surface area (Å²) < 4.78 is 13.8. The van der Waals surface area contributed by atoms with Crippen molar-refractivity contribution in [1.29, 1.82) is 0 Å². The minimum absolute atomic E-state index is 0. The van der Waals surface area contributed by atoms with Gasteiger partial charge in [-0.15, -0.1) is 24.0 Å². The molecule has 8 heteroatoms. The lowest BCUT2D eigenvalue weighted by Gasteiger charge is -2.35. The number of hydrogen-bond acceptors (Lipinski definition) is 4. The Kier molecular flexibility index (Phi) is 9.60. The highest BCUT2D eigenvalue weighted by molar-refractivity contribution is 14.0. The van der Waals surface area contributed by atoms with E-state index in [1.54, 1.807) is 6.20 Å². The van der Waals surface area contributed by atoms with Crippen LogP contribution in [0.1, 0.15) is 37.7 Å². The van der Waals surface area contributed by atoms with Gasteiger partial charge in [-0.3, -0.25) is 4.99 Å². The molecule has 170 valence electrons. The summed E-state index contributed by atoms with van der Waals surface area (Å²) in [5.41, 5.74) is 2.28. The quantitative estimate of drug-likeness (QED) is 0.345. The zero-order chi connectivity index (χ0) is 20.6. The van der Waals surface area contributed by atoms with Gasteiger partial charge in [0.1, 0.15) is 0 Å². The fraction of sp³-hybridized carbons (Fsp3) is 0.565. The predicted octanol–water partition coefficient (Wildman–Crippen LogP) is 3.62. The summed E-state index contributed by atoms with van der Waals surface area (Å²) in [4.78, 5) is 6.81. The van der Waals surface area contributed by atoms with Crippen LogP contribution in [0, 0.1) is 0 Å². The molecule has 0 saturated carbocycles. The van der Waals surface area contributed by atoms with E-state index >= 15 is 0 Å². The number of ether oxygens (including phenoxy) is 2. The molecule has 1 unspecified atom stereocenters. The lowest BCUT2D eigenvalue weighted by atomic mass is 10.1. The number of piperidine rings is 1. The summed E-state index contributed by atoms with van der Waals surface area (Å²) >= 11 is 0. The predicted molar refractivity (Wildman–Crippen MR) is 133 cm³/mol. The maximum Gasteiger partial charge on any atom is 0.193 e. The summed E-state index contributed by atoms with van der Waals surface area (Å²) in [5, 5.41) is 7.77. The number of benzene rings is 1. The first kappa shape index (κ1) is 24.0. The summed E-state index contributed by atoms with van der Waals surface area (Å²) in [5.74, 6) is 0.959. The molecular weight excluding hydrogens is 505 g/mol. The normalized spacial score (nSPS) is 20.4. The van der Waals surface area contributed by atoms with Crippen LogP contribution in [0.3, 0.4) is 0 Å². The van der Waals surface area contributed by atoms with E-state index in [-0.39, 0.29) is 24.0 Å². The van der Waals surface area contributed by atoms with E-state index in [1.807, 2.05) is 24.0 Å². The summed E-state index contributed by atoms with van der Waals surface area (Å²) in [6.45, 7) is 4.32. The van der Waals surface area contributed by atoms with Crippen LogP contribution in [0.2, 0.25) is 0 Å². The molecule has 3 heterocycles. The van der Waals surface area contributed by atoms with Crippen molar-refractivity contribution >= 4 is 29.9 Å². The Morgan fingerprint density at radius 1 is 1.19 bits per heavy atom. The van der Waals surface area contributed by atoms with Crippen LogP contribution in [0.25, 0.3) is 5.69 Å². The van der Waals surface area contributed by atoms with Crippen molar-refractivity contribution in [1.82, 2.24) is 20.0 Å². The number of likely N-dealkylation sites (tertiary alicyclic amines) is 1. The highest BCUT2D eigenvalue weighted by atomic mass is 127. The van der Waals surface area contributed by atoms with E-state index in [0.29, 0.717) is 12.2 Å². The van der Waals surface area contributed by atoms with E-state index < -0.39 is 0 Å². The SMILES string of the molecule is CN=C(NCc1ccc(-n2cccn2)cc1)N1CCC(OCC2CCCCO2)CC1.I. The molecule has 4 rings (SSSR count). The molecular formula is C23H34IN5O2. The molecule has 2 aliphatic heterocycles. The topological polar surface area (TPSA) is 63.9 Å². The van der Waals surface area contributed by atoms with Gasteiger partial charge in [-0.05, 0) is 55.9 Å². The fourth-order valence-corrected chi connectivity index (χ4v) is 4.12. The number of nitrogens with one attached hydrogen (secondary N) is 1. The van der Waals surface area contributed by atoms with Crippen molar-refractivity contribution in [3.05, 3.63) is 48.3 Å². The zero-order valence-corrected chi connectivity index (χ0v) is 20.6. The Morgan fingerprint density at radius 3 is 2.65 bits per heavy atom. The van der Waals surface area contributed by atoms with Crippen molar-refractivity contribution in [3.63, 3.8) is 0 Å². The molecule has 2 aromatic rings. The number of hydrogen-bond donors (Lipinski definition) is 1. The molecule has 1 atom stereocenters.